The maximum Gasteiger partial charge on any atom is 0.189 e. The SMILES string of the molecule is C[S+]([O-])n1ccc(=O)c2ccccc21. The van der Waals surface area contributed by atoms with Gasteiger partial charge in [0.25, 0.3) is 0 Å². The molecular formula is C10H9NO2S. The summed E-state index contributed by atoms with van der Waals surface area (Å²) in [4.78, 5) is 11.4. The molecule has 1 aromatic heterocycles. The van der Waals surface area contributed by atoms with E-state index in [2.05, 4.69) is 0 Å². The normalized spacial score (nSPS) is 13.0. The van der Waals surface area contributed by atoms with Gasteiger partial charge in [0.2, 0.25) is 0 Å². The quantitative estimate of drug-likeness (QED) is 0.658. The first-order chi connectivity index (χ1) is 6.70. The van der Waals surface area contributed by atoms with E-state index in [0.29, 0.717) is 10.9 Å². The van der Waals surface area contributed by atoms with E-state index in [1.165, 1.54) is 6.07 Å². The lowest BCUT2D eigenvalue weighted by atomic mass is 10.2. The van der Waals surface area contributed by atoms with Crippen molar-refractivity contribution in [3.05, 3.63) is 46.8 Å². The molecule has 0 N–H and O–H groups in total. The summed E-state index contributed by atoms with van der Waals surface area (Å²) in [5.41, 5.74) is 0.670. The Hall–Kier alpha value is -1.26. The van der Waals surface area contributed by atoms with Crippen LogP contribution in [0.5, 0.6) is 0 Å². The van der Waals surface area contributed by atoms with Crippen LogP contribution in [0.25, 0.3) is 10.9 Å². The predicted octanol–water partition coefficient (Wildman–Crippen LogP) is 1.14. The summed E-state index contributed by atoms with van der Waals surface area (Å²) in [5.74, 6) is 0. The maximum absolute atomic E-state index is 11.4. The summed E-state index contributed by atoms with van der Waals surface area (Å²) in [7, 11) is 0. The van der Waals surface area contributed by atoms with Crippen molar-refractivity contribution >= 4 is 22.3 Å². The van der Waals surface area contributed by atoms with Gasteiger partial charge < -0.3 is 4.55 Å². The zero-order chi connectivity index (χ0) is 10.1. The Morgan fingerprint density at radius 2 is 2.00 bits per heavy atom. The van der Waals surface area contributed by atoms with Crippen LogP contribution < -0.4 is 5.43 Å². The number of fused-ring (bicyclic) bond motifs is 1. The Balaban J connectivity index is 2.89. The van der Waals surface area contributed by atoms with Crippen molar-refractivity contribution in [3.63, 3.8) is 0 Å². The van der Waals surface area contributed by atoms with Gasteiger partial charge in [-0.2, -0.15) is 3.97 Å². The van der Waals surface area contributed by atoms with E-state index in [4.69, 9.17) is 0 Å². The van der Waals surface area contributed by atoms with Gasteiger partial charge in [0.05, 0.1) is 22.9 Å². The van der Waals surface area contributed by atoms with Crippen molar-refractivity contribution in [1.82, 2.24) is 3.97 Å². The molecule has 1 heterocycles. The van der Waals surface area contributed by atoms with E-state index in [-0.39, 0.29) is 5.43 Å². The lowest BCUT2D eigenvalue weighted by molar-refractivity contribution is 0.593. The van der Waals surface area contributed by atoms with E-state index in [1.54, 1.807) is 34.6 Å². The molecule has 0 fully saturated rings. The Morgan fingerprint density at radius 3 is 2.71 bits per heavy atom. The third-order valence-corrected chi connectivity index (χ3v) is 2.92. The smallest absolute Gasteiger partial charge is 0.189 e. The van der Waals surface area contributed by atoms with E-state index in [0.717, 1.165) is 0 Å². The molecule has 2 rings (SSSR count). The fraction of sp³-hybridized carbons (Fsp3) is 0.100. The number of rotatable bonds is 1. The molecule has 2 aromatic rings. The van der Waals surface area contributed by atoms with Gasteiger partial charge in [-0.25, -0.2) is 0 Å². The third kappa shape index (κ3) is 1.42. The number of nitrogens with zero attached hydrogens (tertiary/aromatic N) is 1. The zero-order valence-electron chi connectivity index (χ0n) is 7.64. The van der Waals surface area contributed by atoms with Crippen molar-refractivity contribution in [2.75, 3.05) is 6.26 Å². The predicted molar refractivity (Wildman–Crippen MR) is 57.7 cm³/mol. The van der Waals surface area contributed by atoms with E-state index in [9.17, 15) is 9.35 Å². The number of para-hydroxylation sites is 1. The van der Waals surface area contributed by atoms with Gasteiger partial charge in [0.15, 0.2) is 5.43 Å². The first kappa shape index (κ1) is 9.30. The average Bonchev–Trinajstić information content (AvgIpc) is 2.18. The number of aromatic nitrogens is 1. The molecule has 0 aliphatic heterocycles. The number of benzene rings is 1. The highest BCUT2D eigenvalue weighted by molar-refractivity contribution is 7.89. The summed E-state index contributed by atoms with van der Waals surface area (Å²) in [6.07, 6.45) is 3.14. The monoisotopic (exact) mass is 207 g/mol. The number of hydrogen-bond acceptors (Lipinski definition) is 2. The molecule has 0 aliphatic carbocycles. The molecule has 1 aromatic carbocycles. The minimum atomic E-state index is -1.13. The molecule has 0 amide bonds. The van der Waals surface area contributed by atoms with Crippen LogP contribution in [0.4, 0.5) is 0 Å². The van der Waals surface area contributed by atoms with Crippen molar-refractivity contribution in [3.8, 4) is 0 Å². The molecule has 1 atom stereocenters. The second-order valence-electron chi connectivity index (χ2n) is 2.95. The highest BCUT2D eigenvalue weighted by Crippen LogP contribution is 2.10. The van der Waals surface area contributed by atoms with Gasteiger partial charge >= 0.3 is 0 Å². The highest BCUT2D eigenvalue weighted by Gasteiger charge is 2.07. The number of hydrogen-bond donors (Lipinski definition) is 0. The van der Waals surface area contributed by atoms with E-state index in [1.807, 2.05) is 6.07 Å². The molecule has 0 saturated carbocycles. The van der Waals surface area contributed by atoms with Gasteiger partial charge in [-0.15, -0.1) is 0 Å². The van der Waals surface area contributed by atoms with Gasteiger partial charge in [-0.1, -0.05) is 12.1 Å². The second-order valence-corrected chi connectivity index (χ2v) is 4.19. The Kier molecular flexibility index (Phi) is 2.31. The summed E-state index contributed by atoms with van der Waals surface area (Å²) in [5, 5.41) is 0.602. The summed E-state index contributed by atoms with van der Waals surface area (Å²) in [6, 6.07) is 8.58. The van der Waals surface area contributed by atoms with E-state index < -0.39 is 11.4 Å². The Morgan fingerprint density at radius 1 is 1.29 bits per heavy atom. The summed E-state index contributed by atoms with van der Waals surface area (Å²) in [6.45, 7) is 0. The Bertz CT molecular complexity index is 519. The topological polar surface area (TPSA) is 45.1 Å². The van der Waals surface area contributed by atoms with Crippen LogP contribution in [-0.4, -0.2) is 14.8 Å². The molecule has 3 nitrogen and oxygen atoms in total. The van der Waals surface area contributed by atoms with Crippen molar-refractivity contribution in [1.29, 1.82) is 0 Å². The van der Waals surface area contributed by atoms with Crippen LogP contribution in [0.2, 0.25) is 0 Å². The minimum absolute atomic E-state index is 0.0395. The van der Waals surface area contributed by atoms with Crippen LogP contribution in [0, 0.1) is 0 Å². The van der Waals surface area contributed by atoms with Gasteiger partial charge in [0, 0.05) is 6.07 Å². The van der Waals surface area contributed by atoms with Crippen molar-refractivity contribution in [2.24, 2.45) is 0 Å². The standard InChI is InChI=1S/C10H9NO2S/c1-14(13)11-7-6-10(12)8-4-2-3-5-9(8)11/h2-7H,1H3. The minimum Gasteiger partial charge on any atom is -0.593 e. The van der Waals surface area contributed by atoms with E-state index >= 15 is 0 Å². The largest absolute Gasteiger partial charge is 0.593 e. The second kappa shape index (κ2) is 3.48. The van der Waals surface area contributed by atoms with Crippen LogP contribution in [0.15, 0.2) is 41.3 Å². The lowest BCUT2D eigenvalue weighted by Gasteiger charge is -2.10. The molecule has 4 heteroatoms. The molecular weight excluding hydrogens is 198 g/mol. The van der Waals surface area contributed by atoms with Crippen molar-refractivity contribution in [2.45, 2.75) is 0 Å². The molecule has 0 spiro atoms. The summed E-state index contributed by atoms with van der Waals surface area (Å²) >= 11 is -1.13. The fourth-order valence-electron chi connectivity index (χ4n) is 1.40. The Labute approximate surface area is 84.3 Å². The van der Waals surface area contributed by atoms with Gasteiger partial charge in [0.1, 0.15) is 11.8 Å². The zero-order valence-corrected chi connectivity index (χ0v) is 8.45. The van der Waals surface area contributed by atoms with Crippen LogP contribution in [0.3, 0.4) is 0 Å². The number of pyridine rings is 1. The molecule has 72 valence electrons. The molecule has 1 unspecified atom stereocenters. The fourth-order valence-corrected chi connectivity index (χ4v) is 2.07. The lowest BCUT2D eigenvalue weighted by Crippen LogP contribution is -2.14. The molecule has 0 bridgehead atoms. The first-order valence-corrected chi connectivity index (χ1v) is 5.66. The molecule has 0 radical (unpaired) electrons. The van der Waals surface area contributed by atoms with Gasteiger partial charge in [-0.3, -0.25) is 4.79 Å². The van der Waals surface area contributed by atoms with Crippen molar-refractivity contribution < 1.29 is 4.55 Å². The maximum atomic E-state index is 11.4. The summed E-state index contributed by atoms with van der Waals surface area (Å²) < 4.78 is 12.9. The third-order valence-electron chi connectivity index (χ3n) is 2.05. The molecule has 0 saturated heterocycles. The highest BCUT2D eigenvalue weighted by atomic mass is 32.2. The van der Waals surface area contributed by atoms with Gasteiger partial charge in [-0.05, 0) is 12.1 Å². The van der Waals surface area contributed by atoms with Crippen LogP contribution >= 0.6 is 0 Å². The molecule has 14 heavy (non-hydrogen) atoms. The first-order valence-electron chi connectivity index (χ1n) is 4.14. The average molecular weight is 207 g/mol. The van der Waals surface area contributed by atoms with Crippen LogP contribution in [-0.2, 0) is 11.4 Å². The van der Waals surface area contributed by atoms with Crippen LogP contribution in [0.1, 0.15) is 0 Å². The molecule has 0 aliphatic rings.